The number of methoxy groups -OCH3 is 1. The van der Waals surface area contributed by atoms with Gasteiger partial charge in [0.2, 0.25) is 0 Å². The van der Waals surface area contributed by atoms with Gasteiger partial charge in [-0.2, -0.15) is 0 Å². The van der Waals surface area contributed by atoms with E-state index in [1.807, 2.05) is 44.2 Å². The minimum absolute atomic E-state index is 0.120. The van der Waals surface area contributed by atoms with Crippen LogP contribution in [-0.4, -0.2) is 65.5 Å². The van der Waals surface area contributed by atoms with Gasteiger partial charge in [-0.1, -0.05) is 79.0 Å². The van der Waals surface area contributed by atoms with Crippen LogP contribution in [0.15, 0.2) is 124 Å². The Labute approximate surface area is 387 Å². The molecule has 1 aliphatic carbocycles. The Morgan fingerprint density at radius 1 is 0.862 bits per heavy atom. The number of rotatable bonds is 20. The predicted molar refractivity (Wildman–Crippen MR) is 263 cm³/mol. The van der Waals surface area contributed by atoms with Crippen molar-refractivity contribution in [3.05, 3.63) is 104 Å². The zero-order valence-electron chi connectivity index (χ0n) is 40.9. The Bertz CT molecular complexity index is 2370. The fourth-order valence-electron chi connectivity index (χ4n) is 10.0. The van der Waals surface area contributed by atoms with Crippen LogP contribution in [0.4, 0.5) is 0 Å². The van der Waals surface area contributed by atoms with Gasteiger partial charge in [0.25, 0.3) is 0 Å². The van der Waals surface area contributed by atoms with E-state index in [9.17, 15) is 19.5 Å². The Hall–Kier alpha value is -5.09. The lowest BCUT2D eigenvalue weighted by Crippen LogP contribution is -2.25. The van der Waals surface area contributed by atoms with Gasteiger partial charge in [-0.3, -0.25) is 19.4 Å². The van der Waals surface area contributed by atoms with E-state index < -0.39 is 11.9 Å². The number of aliphatic hydroxyl groups is 1. The summed E-state index contributed by atoms with van der Waals surface area (Å²) in [7, 11) is 1.29. The number of nitrogens with zero attached hydrogens (tertiary/aromatic N) is 4. The quantitative estimate of drug-likeness (QED) is 0.0733. The lowest BCUT2D eigenvalue weighted by Gasteiger charge is -2.21. The van der Waals surface area contributed by atoms with E-state index in [-0.39, 0.29) is 42.7 Å². The Morgan fingerprint density at radius 2 is 1.55 bits per heavy atom. The SMILES string of the molecule is C=CC1=C(C)C2=CC3=NC(=C4C5=NC(=CC6=NC(=CC1=N2)C(C)=C6CC)C(C)=C5C(=O)C4C(=O)OC)C(CCC(=O)OCC=C(C)CCCC(C)CCC(O)C(C)CCCC(C)C)C3C. The van der Waals surface area contributed by atoms with Crippen LogP contribution in [-0.2, 0) is 23.9 Å². The van der Waals surface area contributed by atoms with Gasteiger partial charge in [0.1, 0.15) is 12.5 Å². The van der Waals surface area contributed by atoms with E-state index in [0.29, 0.717) is 58.0 Å². The van der Waals surface area contributed by atoms with Gasteiger partial charge in [-0.15, -0.1) is 0 Å². The van der Waals surface area contributed by atoms with Gasteiger partial charge >= 0.3 is 11.9 Å². The number of aliphatic hydroxyl groups excluding tert-OH is 1. The third kappa shape index (κ3) is 10.8. The molecule has 65 heavy (non-hydrogen) atoms. The second kappa shape index (κ2) is 21.5. The number of hydrogen-bond acceptors (Lipinski definition) is 10. The van der Waals surface area contributed by atoms with Crippen molar-refractivity contribution < 1.29 is 29.0 Å². The Morgan fingerprint density at radius 3 is 2.25 bits per heavy atom. The summed E-state index contributed by atoms with van der Waals surface area (Å²) in [6.45, 7) is 25.4. The van der Waals surface area contributed by atoms with Crippen LogP contribution >= 0.6 is 0 Å². The minimum Gasteiger partial charge on any atom is -0.468 e. The number of fused-ring (bicyclic) bond motifs is 4. The van der Waals surface area contributed by atoms with Crippen molar-refractivity contribution in [2.24, 2.45) is 55.5 Å². The minimum atomic E-state index is -1.23. The molecule has 0 spiro atoms. The van der Waals surface area contributed by atoms with E-state index in [1.165, 1.54) is 25.5 Å². The van der Waals surface area contributed by atoms with Gasteiger partial charge in [0.15, 0.2) is 5.78 Å². The van der Waals surface area contributed by atoms with Gasteiger partial charge in [0, 0.05) is 40.7 Å². The highest BCUT2D eigenvalue weighted by Gasteiger charge is 2.51. The summed E-state index contributed by atoms with van der Waals surface area (Å²) >= 11 is 0. The van der Waals surface area contributed by atoms with Crippen LogP contribution in [0.5, 0.6) is 0 Å². The van der Waals surface area contributed by atoms with Gasteiger partial charge in [0.05, 0.1) is 53.1 Å². The normalized spacial score (nSPS) is 23.1. The molecule has 6 atom stereocenters. The fourth-order valence-corrected chi connectivity index (χ4v) is 10.0. The molecular weight excluding hydrogens is 813 g/mol. The molecule has 10 heteroatoms. The molecule has 8 bridgehead atoms. The van der Waals surface area contributed by atoms with Crippen molar-refractivity contribution in [1.29, 1.82) is 0 Å². The number of hydrogen-bond donors (Lipinski definition) is 1. The number of carbonyl (C=O) groups excluding carboxylic acids is 3. The summed E-state index contributed by atoms with van der Waals surface area (Å²) in [5.41, 5.74) is 12.1. The summed E-state index contributed by atoms with van der Waals surface area (Å²) in [6, 6.07) is 0. The lowest BCUT2D eigenvalue weighted by molar-refractivity contribution is -0.146. The summed E-state index contributed by atoms with van der Waals surface area (Å²) in [5, 5.41) is 10.7. The largest absolute Gasteiger partial charge is 0.468 e. The topological polar surface area (TPSA) is 139 Å². The van der Waals surface area contributed by atoms with E-state index in [0.717, 1.165) is 95.8 Å². The van der Waals surface area contributed by atoms with Crippen molar-refractivity contribution >= 4 is 40.6 Å². The fraction of sp³-hybridized carbons (Fsp3) is 0.545. The molecule has 1 saturated carbocycles. The summed E-state index contributed by atoms with van der Waals surface area (Å²) < 4.78 is 11.0. The van der Waals surface area contributed by atoms with Crippen LogP contribution in [0.1, 0.15) is 140 Å². The number of esters is 2. The molecular formula is C55H72N4O6. The third-order valence-electron chi connectivity index (χ3n) is 14.4. The van der Waals surface area contributed by atoms with Crippen LogP contribution < -0.4 is 0 Å². The molecule has 0 aromatic carbocycles. The average Bonchev–Trinajstić information content (AvgIpc) is 4.01. The first-order chi connectivity index (χ1) is 31.0. The van der Waals surface area contributed by atoms with E-state index in [2.05, 4.69) is 62.0 Å². The van der Waals surface area contributed by atoms with Gasteiger partial charge < -0.3 is 14.6 Å². The second-order valence-corrected chi connectivity index (χ2v) is 19.5. The first-order valence-electron chi connectivity index (χ1n) is 24.1. The molecule has 0 amide bonds. The summed E-state index contributed by atoms with van der Waals surface area (Å²) in [5.74, 6) is -1.55. The van der Waals surface area contributed by atoms with Crippen LogP contribution in [0.2, 0.25) is 0 Å². The molecule has 6 aliphatic rings. The zero-order valence-corrected chi connectivity index (χ0v) is 40.9. The molecule has 5 heterocycles. The van der Waals surface area contributed by atoms with Crippen LogP contribution in [0, 0.1) is 35.5 Å². The van der Waals surface area contributed by atoms with Crippen molar-refractivity contribution in [1.82, 2.24) is 0 Å². The van der Waals surface area contributed by atoms with Crippen LogP contribution in [0.3, 0.4) is 0 Å². The first kappa shape index (κ1) is 49.3. The number of aliphatic imine (C=N–C) groups is 4. The average molecular weight is 885 g/mol. The predicted octanol–water partition coefficient (Wildman–Crippen LogP) is 11.6. The third-order valence-corrected chi connectivity index (χ3v) is 14.4. The van der Waals surface area contributed by atoms with Crippen molar-refractivity contribution in [2.45, 2.75) is 146 Å². The van der Waals surface area contributed by atoms with Crippen molar-refractivity contribution in [3.8, 4) is 0 Å². The summed E-state index contributed by atoms with van der Waals surface area (Å²) in [6.07, 6.45) is 19.1. The summed E-state index contributed by atoms with van der Waals surface area (Å²) in [4.78, 5) is 61.8. The number of ether oxygens (including phenoxy) is 2. The Balaban J connectivity index is 1.20. The van der Waals surface area contributed by atoms with E-state index in [1.54, 1.807) is 0 Å². The molecule has 6 unspecified atom stereocenters. The molecule has 10 nitrogen and oxygen atoms in total. The molecule has 348 valence electrons. The standard InChI is InChI=1S/C55H72N4O6/c1-13-38-34(8)41-27-43-36(10)40(22-24-48(61)65-26-25-32(6)19-16-18-31(5)21-23-47(60)33(7)20-15-17-30(3)4)52(58-43)50-51(55(63)64-12)54(62)49-37(11)44(59-53(49)50)29-46-39(14-2)35(9)42(57-46)28-45(38)56-41/h13,25,27-31,33,36,40,47,51,60H,1,14-24,26H2,2-12H3. The maximum atomic E-state index is 14.4. The highest BCUT2D eigenvalue weighted by atomic mass is 16.5. The van der Waals surface area contributed by atoms with Crippen molar-refractivity contribution in [3.63, 3.8) is 0 Å². The molecule has 0 saturated heterocycles. The van der Waals surface area contributed by atoms with Gasteiger partial charge in [-0.25, -0.2) is 15.0 Å². The monoisotopic (exact) mass is 885 g/mol. The molecule has 0 aromatic rings. The number of Topliss-reactive ketones (excluding diaryl/α,β-unsaturated/α-hetero) is 1. The Kier molecular flexibility index (Phi) is 16.3. The van der Waals surface area contributed by atoms with Gasteiger partial charge in [-0.05, 0) is 137 Å². The van der Waals surface area contributed by atoms with E-state index in [4.69, 9.17) is 29.4 Å². The highest BCUT2D eigenvalue weighted by molar-refractivity contribution is 6.43. The second-order valence-electron chi connectivity index (χ2n) is 19.5. The van der Waals surface area contributed by atoms with Crippen molar-refractivity contribution in [2.75, 3.05) is 13.7 Å². The molecule has 0 radical (unpaired) electrons. The van der Waals surface area contributed by atoms with E-state index >= 15 is 0 Å². The zero-order chi connectivity index (χ0) is 47.3. The van der Waals surface area contributed by atoms with Crippen LogP contribution in [0.25, 0.3) is 0 Å². The molecule has 1 N–H and O–H groups in total. The maximum Gasteiger partial charge on any atom is 0.321 e. The molecule has 5 aliphatic heterocycles. The highest BCUT2D eigenvalue weighted by Crippen LogP contribution is 2.47. The smallest absolute Gasteiger partial charge is 0.321 e. The molecule has 0 aromatic heterocycles. The number of carbonyl (C=O) groups is 3. The maximum absolute atomic E-state index is 14.4. The number of ketones is 1. The first-order valence-corrected chi connectivity index (χ1v) is 24.1. The number of allylic oxidation sites excluding steroid dienone is 12. The molecule has 1 fully saturated rings. The lowest BCUT2D eigenvalue weighted by atomic mass is 9.83. The molecule has 6 rings (SSSR count).